The summed E-state index contributed by atoms with van der Waals surface area (Å²) in [6.07, 6.45) is 0.861. The van der Waals surface area contributed by atoms with Crippen LogP contribution in [0, 0.1) is 5.82 Å². The first-order valence-electron chi connectivity index (χ1n) is 10.2. The number of rotatable bonds is 6. The zero-order valence-electron chi connectivity index (χ0n) is 17.9. The second-order valence-corrected chi connectivity index (χ2v) is 9.36. The molecule has 174 valence electrons. The Morgan fingerprint density at radius 2 is 1.79 bits per heavy atom. The average Bonchev–Trinajstić information content (AvgIpc) is 2.84. The molecule has 10 heteroatoms. The highest BCUT2D eigenvalue weighted by atomic mass is 35.5. The Labute approximate surface area is 199 Å². The van der Waals surface area contributed by atoms with E-state index in [0.29, 0.717) is 16.7 Å². The molecule has 0 bridgehead atoms. The SMILES string of the molecule is CCc1ccc(NC(=O)c2cc3ccccc3o/c2=N/NS(=O)(=O)c2ccc(F)c(Cl)c2)cc1. The average molecular weight is 500 g/mol. The molecule has 0 unspecified atom stereocenters. The molecule has 7 nitrogen and oxygen atoms in total. The third kappa shape index (κ3) is 5.11. The largest absolute Gasteiger partial charge is 0.436 e. The molecule has 0 saturated heterocycles. The molecule has 34 heavy (non-hydrogen) atoms. The van der Waals surface area contributed by atoms with Crippen molar-refractivity contribution in [1.29, 1.82) is 0 Å². The smallest absolute Gasteiger partial charge is 0.276 e. The fourth-order valence-electron chi connectivity index (χ4n) is 3.14. The van der Waals surface area contributed by atoms with Crippen LogP contribution < -0.4 is 15.7 Å². The lowest BCUT2D eigenvalue weighted by molar-refractivity contribution is 0.102. The lowest BCUT2D eigenvalue weighted by Gasteiger charge is -2.08. The maximum absolute atomic E-state index is 13.4. The minimum absolute atomic E-state index is 0.0121. The highest BCUT2D eigenvalue weighted by Crippen LogP contribution is 2.19. The normalized spacial score (nSPS) is 12.0. The van der Waals surface area contributed by atoms with Gasteiger partial charge in [-0.3, -0.25) is 4.79 Å². The predicted molar refractivity (Wildman–Crippen MR) is 127 cm³/mol. The quantitative estimate of drug-likeness (QED) is 0.371. The molecule has 0 aliphatic carbocycles. The van der Waals surface area contributed by atoms with Crippen molar-refractivity contribution in [3.63, 3.8) is 0 Å². The number of carbonyl (C=O) groups is 1. The zero-order chi connectivity index (χ0) is 24.3. The van der Waals surface area contributed by atoms with Gasteiger partial charge >= 0.3 is 0 Å². The molecule has 0 radical (unpaired) electrons. The number of halogens is 2. The first kappa shape index (κ1) is 23.5. The van der Waals surface area contributed by atoms with E-state index in [-0.39, 0.29) is 21.0 Å². The van der Waals surface area contributed by atoms with E-state index in [1.807, 2.05) is 23.9 Å². The highest BCUT2D eigenvalue weighted by molar-refractivity contribution is 7.89. The maximum Gasteiger partial charge on any atom is 0.276 e. The van der Waals surface area contributed by atoms with Gasteiger partial charge in [0.05, 0.1) is 9.92 Å². The molecule has 1 aromatic heterocycles. The van der Waals surface area contributed by atoms with Crippen molar-refractivity contribution in [2.45, 2.75) is 18.2 Å². The molecule has 1 amide bonds. The molecule has 0 aliphatic heterocycles. The number of fused-ring (bicyclic) bond motifs is 1. The summed E-state index contributed by atoms with van der Waals surface area (Å²) in [6.45, 7) is 2.03. The number of nitrogens with zero attached hydrogens (tertiary/aromatic N) is 1. The zero-order valence-corrected chi connectivity index (χ0v) is 19.5. The van der Waals surface area contributed by atoms with E-state index in [9.17, 15) is 17.6 Å². The van der Waals surface area contributed by atoms with Crippen LogP contribution in [0.2, 0.25) is 5.02 Å². The molecule has 0 fully saturated rings. The fourth-order valence-corrected chi connectivity index (χ4v) is 4.21. The van der Waals surface area contributed by atoms with E-state index in [1.165, 1.54) is 0 Å². The van der Waals surface area contributed by atoms with Gasteiger partial charge in [0.15, 0.2) is 0 Å². The molecular formula is C24H19ClFN3O4S. The van der Waals surface area contributed by atoms with Gasteiger partial charge in [-0.2, -0.15) is 13.2 Å². The molecule has 0 saturated carbocycles. The first-order chi connectivity index (χ1) is 16.3. The Bertz CT molecular complexity index is 1550. The molecule has 4 rings (SSSR count). The van der Waals surface area contributed by atoms with Crippen molar-refractivity contribution in [2.24, 2.45) is 5.10 Å². The standard InChI is InChI=1S/C24H19ClFN3O4S/c1-2-15-7-9-17(10-8-15)27-23(30)19-13-16-5-3-4-6-22(16)33-24(19)28-29-34(31,32)18-11-12-21(26)20(25)14-18/h3-14,29H,2H2,1H3,(H,27,30)/b28-24+. The van der Waals surface area contributed by atoms with E-state index in [1.54, 1.807) is 42.5 Å². The monoisotopic (exact) mass is 499 g/mol. The van der Waals surface area contributed by atoms with Crippen LogP contribution in [0.4, 0.5) is 10.1 Å². The molecule has 3 aromatic carbocycles. The van der Waals surface area contributed by atoms with Crippen LogP contribution in [0.25, 0.3) is 11.0 Å². The van der Waals surface area contributed by atoms with Crippen LogP contribution in [0.5, 0.6) is 0 Å². The molecule has 4 aromatic rings. The summed E-state index contributed by atoms with van der Waals surface area (Å²) in [5.74, 6) is -1.30. The van der Waals surface area contributed by atoms with E-state index in [0.717, 1.165) is 30.2 Å². The Morgan fingerprint density at radius 1 is 1.06 bits per heavy atom. The van der Waals surface area contributed by atoms with Gasteiger partial charge in [-0.25, -0.2) is 4.39 Å². The Morgan fingerprint density at radius 3 is 2.50 bits per heavy atom. The number of hydrogen-bond donors (Lipinski definition) is 2. The molecule has 1 heterocycles. The number of anilines is 1. The van der Waals surface area contributed by atoms with Gasteiger partial charge < -0.3 is 9.73 Å². The van der Waals surface area contributed by atoms with Crippen molar-refractivity contribution >= 4 is 44.2 Å². The summed E-state index contributed by atoms with van der Waals surface area (Å²) < 4.78 is 44.4. The van der Waals surface area contributed by atoms with Gasteiger partial charge in [-0.05, 0) is 54.4 Å². The maximum atomic E-state index is 13.4. The minimum Gasteiger partial charge on any atom is -0.436 e. The number of amides is 1. The van der Waals surface area contributed by atoms with Gasteiger partial charge in [0.25, 0.3) is 15.9 Å². The summed E-state index contributed by atoms with van der Waals surface area (Å²) in [4.78, 5) is 14.8. The molecule has 0 spiro atoms. The summed E-state index contributed by atoms with van der Waals surface area (Å²) in [5, 5.41) is 6.88. The highest BCUT2D eigenvalue weighted by Gasteiger charge is 2.17. The summed E-state index contributed by atoms with van der Waals surface area (Å²) >= 11 is 5.70. The number of nitrogens with one attached hydrogen (secondary N) is 2. The van der Waals surface area contributed by atoms with E-state index < -0.39 is 21.7 Å². The third-order valence-electron chi connectivity index (χ3n) is 4.99. The van der Waals surface area contributed by atoms with Crippen LogP contribution in [-0.2, 0) is 16.4 Å². The van der Waals surface area contributed by atoms with E-state index >= 15 is 0 Å². The van der Waals surface area contributed by atoms with Gasteiger partial charge in [0.2, 0.25) is 5.55 Å². The summed E-state index contributed by atoms with van der Waals surface area (Å²) in [7, 11) is -4.22. The van der Waals surface area contributed by atoms with Crippen LogP contribution in [-0.4, -0.2) is 14.3 Å². The molecule has 0 atom stereocenters. The van der Waals surface area contributed by atoms with Gasteiger partial charge in [0, 0.05) is 11.1 Å². The lowest BCUT2D eigenvalue weighted by atomic mass is 10.1. The van der Waals surface area contributed by atoms with Crippen molar-refractivity contribution in [3.05, 3.63) is 100 Å². The van der Waals surface area contributed by atoms with Crippen LogP contribution in [0.3, 0.4) is 0 Å². The van der Waals surface area contributed by atoms with E-state index in [4.69, 9.17) is 16.0 Å². The summed E-state index contributed by atoms with van der Waals surface area (Å²) in [6, 6.07) is 18.7. The van der Waals surface area contributed by atoms with Crippen molar-refractivity contribution < 1.29 is 22.0 Å². The second-order valence-electron chi connectivity index (χ2n) is 7.29. The Kier molecular flexibility index (Phi) is 6.67. The van der Waals surface area contributed by atoms with Crippen molar-refractivity contribution in [3.8, 4) is 0 Å². The predicted octanol–water partition coefficient (Wildman–Crippen LogP) is 4.83. The van der Waals surface area contributed by atoms with Gasteiger partial charge in [-0.1, -0.05) is 48.9 Å². The van der Waals surface area contributed by atoms with Crippen molar-refractivity contribution in [1.82, 2.24) is 4.83 Å². The minimum atomic E-state index is -4.22. The number of para-hydroxylation sites is 1. The van der Waals surface area contributed by atoms with Gasteiger partial charge in [0.1, 0.15) is 17.0 Å². The first-order valence-corrected chi connectivity index (χ1v) is 12.1. The lowest BCUT2D eigenvalue weighted by Crippen LogP contribution is -2.27. The van der Waals surface area contributed by atoms with Crippen LogP contribution in [0.1, 0.15) is 22.8 Å². The van der Waals surface area contributed by atoms with Crippen LogP contribution >= 0.6 is 11.6 Å². The number of hydrogen-bond acceptors (Lipinski definition) is 5. The van der Waals surface area contributed by atoms with E-state index in [2.05, 4.69) is 10.4 Å². The van der Waals surface area contributed by atoms with Gasteiger partial charge in [-0.15, -0.1) is 5.10 Å². The molecule has 2 N–H and O–H groups in total. The Balaban J connectivity index is 1.73. The molecular weight excluding hydrogens is 481 g/mol. The second kappa shape index (κ2) is 9.66. The number of carbonyl (C=O) groups excluding carboxylic acids is 1. The number of benzene rings is 3. The van der Waals surface area contributed by atoms with Crippen LogP contribution in [0.15, 0.2) is 87.2 Å². The topological polar surface area (TPSA) is 101 Å². The molecule has 0 aliphatic rings. The van der Waals surface area contributed by atoms with Crippen molar-refractivity contribution in [2.75, 3.05) is 5.32 Å². The third-order valence-corrected chi connectivity index (χ3v) is 6.49. The summed E-state index contributed by atoms with van der Waals surface area (Å²) in [5.41, 5.74) is 1.83. The fraction of sp³-hybridized carbons (Fsp3) is 0.0833. The number of sulfonamides is 1. The number of aryl methyl sites for hydroxylation is 1. The Hall–Kier alpha value is -3.69.